The van der Waals surface area contributed by atoms with Crippen LogP contribution in [0.1, 0.15) is 37.5 Å². The van der Waals surface area contributed by atoms with E-state index in [2.05, 4.69) is 5.32 Å². The number of aliphatic hydroxyl groups is 1. The second-order valence-electron chi connectivity index (χ2n) is 6.85. The van der Waals surface area contributed by atoms with Crippen LogP contribution in [0.2, 0.25) is 0 Å². The lowest BCUT2D eigenvalue weighted by Gasteiger charge is -2.20. The minimum atomic E-state index is -0.607. The molecule has 0 saturated carbocycles. The van der Waals surface area contributed by atoms with Crippen LogP contribution in [0.3, 0.4) is 0 Å². The third kappa shape index (κ3) is 5.93. The molecule has 0 heterocycles. The molecule has 0 aliphatic heterocycles. The third-order valence-electron chi connectivity index (χ3n) is 3.55. The summed E-state index contributed by atoms with van der Waals surface area (Å²) in [6, 6.07) is 11.5. The van der Waals surface area contributed by atoms with E-state index in [1.54, 1.807) is 51.1 Å². The van der Waals surface area contributed by atoms with Gasteiger partial charge in [-0.3, -0.25) is 15.4 Å². The predicted molar refractivity (Wildman–Crippen MR) is 104 cm³/mol. The lowest BCUT2D eigenvalue weighted by Crippen LogP contribution is -2.27. The highest BCUT2D eigenvalue weighted by atomic mass is 16.6. The Morgan fingerprint density at radius 3 is 2.48 bits per heavy atom. The molecule has 2 rings (SSSR count). The molecule has 0 atom stereocenters. The van der Waals surface area contributed by atoms with Crippen molar-refractivity contribution in [3.05, 3.63) is 69.3 Å². The van der Waals surface area contributed by atoms with Gasteiger partial charge in [0.05, 0.1) is 17.2 Å². The molecule has 1 amide bonds. The first-order valence-corrected chi connectivity index (χ1v) is 8.35. The topological polar surface area (TPSA) is 102 Å². The number of aliphatic hydroxyl groups excluding tert-OH is 1. The highest BCUT2D eigenvalue weighted by molar-refractivity contribution is 5.89. The zero-order valence-electron chi connectivity index (χ0n) is 15.4. The SMILES string of the molecule is CC(C)(C)OC(=O)Nc1ccccc1C=Cc1ccc([N+](=O)[O-])cc1CO. The fraction of sp³-hybridized carbons (Fsp3) is 0.250. The van der Waals surface area contributed by atoms with E-state index in [1.807, 2.05) is 12.1 Å². The molecule has 0 bridgehead atoms. The number of hydrogen-bond donors (Lipinski definition) is 2. The second-order valence-corrected chi connectivity index (χ2v) is 6.85. The Kier molecular flexibility index (Phi) is 6.31. The maximum atomic E-state index is 12.0. The Hall–Kier alpha value is -3.19. The molecule has 0 aliphatic carbocycles. The highest BCUT2D eigenvalue weighted by Crippen LogP contribution is 2.23. The number of hydrogen-bond acceptors (Lipinski definition) is 5. The summed E-state index contributed by atoms with van der Waals surface area (Å²) in [6.45, 7) is 5.02. The molecule has 27 heavy (non-hydrogen) atoms. The van der Waals surface area contributed by atoms with Crippen molar-refractivity contribution in [2.45, 2.75) is 33.0 Å². The van der Waals surface area contributed by atoms with E-state index in [0.29, 0.717) is 16.8 Å². The molecule has 0 aliphatic rings. The molecule has 0 spiro atoms. The van der Waals surface area contributed by atoms with Gasteiger partial charge in [0.25, 0.3) is 5.69 Å². The fourth-order valence-electron chi connectivity index (χ4n) is 2.35. The lowest BCUT2D eigenvalue weighted by molar-refractivity contribution is -0.384. The molecular weight excluding hydrogens is 348 g/mol. The van der Waals surface area contributed by atoms with Gasteiger partial charge in [-0.05, 0) is 49.6 Å². The zero-order chi connectivity index (χ0) is 20.0. The van der Waals surface area contributed by atoms with Gasteiger partial charge in [-0.25, -0.2) is 4.79 Å². The van der Waals surface area contributed by atoms with Crippen LogP contribution in [0.15, 0.2) is 42.5 Å². The van der Waals surface area contributed by atoms with Gasteiger partial charge in [0.2, 0.25) is 0 Å². The van der Waals surface area contributed by atoms with Crippen molar-refractivity contribution in [2.24, 2.45) is 0 Å². The first kappa shape index (κ1) is 20.1. The average molecular weight is 370 g/mol. The van der Waals surface area contributed by atoms with Gasteiger partial charge in [0, 0.05) is 12.1 Å². The standard InChI is InChI=1S/C20H22N2O5/c1-20(2,3)27-19(24)21-18-7-5-4-6-15(18)9-8-14-10-11-17(22(25)26)12-16(14)13-23/h4-12,23H,13H2,1-3H3,(H,21,24). The van der Waals surface area contributed by atoms with Gasteiger partial charge in [-0.1, -0.05) is 30.4 Å². The first-order chi connectivity index (χ1) is 12.7. The number of rotatable bonds is 5. The van der Waals surface area contributed by atoms with E-state index in [4.69, 9.17) is 4.74 Å². The van der Waals surface area contributed by atoms with E-state index in [0.717, 1.165) is 5.56 Å². The number of nitrogens with zero attached hydrogens (tertiary/aromatic N) is 1. The summed E-state index contributed by atoms with van der Waals surface area (Å²) in [7, 11) is 0. The Labute approximate surface area is 157 Å². The number of amides is 1. The van der Waals surface area contributed by atoms with Crippen LogP contribution in [0.4, 0.5) is 16.2 Å². The van der Waals surface area contributed by atoms with Crippen molar-refractivity contribution in [2.75, 3.05) is 5.32 Å². The molecule has 0 radical (unpaired) electrons. The summed E-state index contributed by atoms with van der Waals surface area (Å²) < 4.78 is 5.26. The van der Waals surface area contributed by atoms with Crippen molar-refractivity contribution >= 4 is 29.6 Å². The quantitative estimate of drug-likeness (QED) is 0.455. The largest absolute Gasteiger partial charge is 0.444 e. The van der Waals surface area contributed by atoms with Gasteiger partial charge >= 0.3 is 6.09 Å². The summed E-state index contributed by atoms with van der Waals surface area (Å²) in [4.78, 5) is 22.4. The number of ether oxygens (including phenoxy) is 1. The minimum Gasteiger partial charge on any atom is -0.444 e. The van der Waals surface area contributed by atoms with Crippen molar-refractivity contribution < 1.29 is 19.6 Å². The van der Waals surface area contributed by atoms with Gasteiger partial charge < -0.3 is 9.84 Å². The summed E-state index contributed by atoms with van der Waals surface area (Å²) in [5, 5.41) is 23.0. The van der Waals surface area contributed by atoms with Gasteiger partial charge in [-0.2, -0.15) is 0 Å². The van der Waals surface area contributed by atoms with E-state index in [-0.39, 0.29) is 12.3 Å². The van der Waals surface area contributed by atoms with Gasteiger partial charge in [-0.15, -0.1) is 0 Å². The monoisotopic (exact) mass is 370 g/mol. The number of nitrogens with one attached hydrogen (secondary N) is 1. The molecule has 142 valence electrons. The van der Waals surface area contributed by atoms with E-state index in [9.17, 15) is 20.0 Å². The van der Waals surface area contributed by atoms with Crippen LogP contribution in [0.25, 0.3) is 12.2 Å². The number of non-ortho nitro benzene ring substituents is 1. The number of para-hydroxylation sites is 1. The van der Waals surface area contributed by atoms with Gasteiger partial charge in [0.1, 0.15) is 5.60 Å². The van der Waals surface area contributed by atoms with Crippen LogP contribution in [0, 0.1) is 10.1 Å². The lowest BCUT2D eigenvalue weighted by atomic mass is 10.0. The van der Waals surface area contributed by atoms with Crippen molar-refractivity contribution in [1.82, 2.24) is 0 Å². The number of anilines is 1. The van der Waals surface area contributed by atoms with Crippen molar-refractivity contribution in [3.8, 4) is 0 Å². The van der Waals surface area contributed by atoms with E-state index in [1.165, 1.54) is 12.1 Å². The number of nitro groups is 1. The van der Waals surface area contributed by atoms with Crippen LogP contribution in [-0.2, 0) is 11.3 Å². The van der Waals surface area contributed by atoms with Crippen LogP contribution in [0.5, 0.6) is 0 Å². The molecule has 7 heteroatoms. The second kappa shape index (κ2) is 8.46. The normalized spacial score (nSPS) is 11.4. The fourth-order valence-corrected chi connectivity index (χ4v) is 2.35. The highest BCUT2D eigenvalue weighted by Gasteiger charge is 2.16. The number of benzene rings is 2. The molecule has 7 nitrogen and oxygen atoms in total. The summed E-state index contributed by atoms with van der Waals surface area (Å²) in [6.07, 6.45) is 2.92. The minimum absolute atomic E-state index is 0.0804. The Morgan fingerprint density at radius 2 is 1.85 bits per heavy atom. The molecule has 0 aromatic heterocycles. The van der Waals surface area contributed by atoms with Gasteiger partial charge in [0.15, 0.2) is 0 Å². The van der Waals surface area contributed by atoms with Crippen molar-refractivity contribution in [1.29, 1.82) is 0 Å². The van der Waals surface area contributed by atoms with E-state index >= 15 is 0 Å². The number of nitro benzene ring substituents is 1. The Bertz CT molecular complexity index is 869. The first-order valence-electron chi connectivity index (χ1n) is 8.35. The van der Waals surface area contributed by atoms with E-state index < -0.39 is 16.6 Å². The molecule has 0 fully saturated rings. The predicted octanol–water partition coefficient (Wildman–Crippen LogP) is 4.60. The van der Waals surface area contributed by atoms with Crippen molar-refractivity contribution in [3.63, 3.8) is 0 Å². The summed E-state index contributed by atoms with van der Waals surface area (Å²) in [5.41, 5.74) is 1.70. The van der Waals surface area contributed by atoms with Crippen LogP contribution in [-0.4, -0.2) is 21.7 Å². The number of carbonyl (C=O) groups is 1. The molecule has 2 N–H and O–H groups in total. The third-order valence-corrected chi connectivity index (χ3v) is 3.55. The molecule has 2 aromatic rings. The Morgan fingerprint density at radius 1 is 1.19 bits per heavy atom. The molecule has 2 aromatic carbocycles. The summed E-state index contributed by atoms with van der Waals surface area (Å²) >= 11 is 0. The smallest absolute Gasteiger partial charge is 0.412 e. The maximum absolute atomic E-state index is 12.0. The average Bonchev–Trinajstić information content (AvgIpc) is 2.59. The maximum Gasteiger partial charge on any atom is 0.412 e. The number of carbonyl (C=O) groups excluding carboxylic acids is 1. The molecule has 0 saturated heterocycles. The Balaban J connectivity index is 2.25. The van der Waals surface area contributed by atoms with Crippen LogP contribution >= 0.6 is 0 Å². The van der Waals surface area contributed by atoms with Crippen LogP contribution < -0.4 is 5.32 Å². The zero-order valence-corrected chi connectivity index (χ0v) is 15.4. The summed E-state index contributed by atoms with van der Waals surface area (Å²) in [5.74, 6) is 0. The molecule has 0 unspecified atom stereocenters. The molecular formula is C20H22N2O5.